The predicted molar refractivity (Wildman–Crippen MR) is 111 cm³/mol. The summed E-state index contributed by atoms with van der Waals surface area (Å²) in [6.07, 6.45) is 6.03. The first kappa shape index (κ1) is 20.0. The number of rotatable bonds is 5. The molecule has 0 amide bonds. The van der Waals surface area contributed by atoms with Crippen LogP contribution in [0, 0.1) is 0 Å². The van der Waals surface area contributed by atoms with Gasteiger partial charge in [-0.25, -0.2) is 0 Å². The van der Waals surface area contributed by atoms with Crippen molar-refractivity contribution >= 4 is 23.5 Å². The van der Waals surface area contributed by atoms with E-state index in [0.717, 1.165) is 32.1 Å². The first-order valence-corrected chi connectivity index (χ1v) is 12.0. The van der Waals surface area contributed by atoms with Crippen LogP contribution in [0.5, 0.6) is 0 Å². The molecule has 4 rings (SSSR count). The van der Waals surface area contributed by atoms with E-state index < -0.39 is 5.79 Å². The molecule has 6 heteroatoms. The van der Waals surface area contributed by atoms with Gasteiger partial charge in [-0.05, 0) is 42.8 Å². The maximum Gasteiger partial charge on any atom is 0.171 e. The Morgan fingerprint density at radius 3 is 2.63 bits per heavy atom. The quantitative estimate of drug-likeness (QED) is 0.785. The first-order valence-electron chi connectivity index (χ1n) is 10.1. The van der Waals surface area contributed by atoms with Crippen LogP contribution in [0.25, 0.3) is 0 Å². The van der Waals surface area contributed by atoms with E-state index >= 15 is 0 Å². The van der Waals surface area contributed by atoms with E-state index in [9.17, 15) is 5.11 Å². The van der Waals surface area contributed by atoms with Crippen LogP contribution in [0.15, 0.2) is 30.3 Å². The molecule has 3 heterocycles. The second kappa shape index (κ2) is 9.06. The topological polar surface area (TPSA) is 47.9 Å². The zero-order chi connectivity index (χ0) is 18.6. The number of benzene rings is 1. The molecule has 3 aliphatic rings. The number of hydrogen-bond acceptors (Lipinski definition) is 6. The molecule has 3 atom stereocenters. The Bertz CT molecular complexity index is 593. The van der Waals surface area contributed by atoms with Gasteiger partial charge >= 0.3 is 0 Å². The van der Waals surface area contributed by atoms with Crippen molar-refractivity contribution in [2.45, 2.75) is 67.2 Å². The molecule has 1 N–H and O–H groups in total. The first-order chi connectivity index (χ1) is 13.2. The van der Waals surface area contributed by atoms with Crippen molar-refractivity contribution in [3.05, 3.63) is 35.9 Å². The minimum Gasteiger partial charge on any atom is -0.394 e. The van der Waals surface area contributed by atoms with Crippen LogP contribution in [0.3, 0.4) is 0 Å². The molecule has 0 radical (unpaired) electrons. The molecular weight excluding hydrogens is 380 g/mol. The molecule has 0 aromatic heterocycles. The Hall–Kier alpha value is -0.240. The van der Waals surface area contributed by atoms with Crippen molar-refractivity contribution in [3.63, 3.8) is 0 Å². The minimum atomic E-state index is -0.554. The highest BCUT2D eigenvalue weighted by Gasteiger charge is 2.53. The van der Waals surface area contributed by atoms with Gasteiger partial charge in [-0.15, -0.1) is 23.5 Å². The highest BCUT2D eigenvalue weighted by molar-refractivity contribution is 8.18. The Morgan fingerprint density at radius 1 is 1.07 bits per heavy atom. The fourth-order valence-electron chi connectivity index (χ4n) is 4.39. The average Bonchev–Trinajstić information content (AvgIpc) is 2.69. The van der Waals surface area contributed by atoms with Crippen molar-refractivity contribution in [2.75, 3.05) is 24.7 Å². The smallest absolute Gasteiger partial charge is 0.171 e. The van der Waals surface area contributed by atoms with E-state index in [-0.39, 0.29) is 22.9 Å². The molecule has 1 aromatic rings. The van der Waals surface area contributed by atoms with Gasteiger partial charge in [-0.2, -0.15) is 0 Å². The third kappa shape index (κ3) is 5.03. The van der Waals surface area contributed by atoms with Crippen molar-refractivity contribution < 1.29 is 19.3 Å². The van der Waals surface area contributed by atoms with E-state index in [1.807, 2.05) is 18.2 Å². The number of hydrogen-bond donors (Lipinski definition) is 1. The molecule has 0 bridgehead atoms. The van der Waals surface area contributed by atoms with Crippen LogP contribution in [0.2, 0.25) is 0 Å². The SMILES string of the molecule is OC[C@@H]1CCCC2(CC3(C[C@H](COCc4ccccc4)O2)SCCCS3)O1. The van der Waals surface area contributed by atoms with Gasteiger partial charge in [-0.1, -0.05) is 30.3 Å². The van der Waals surface area contributed by atoms with Gasteiger partial charge in [0.2, 0.25) is 0 Å². The molecule has 3 saturated heterocycles. The lowest BCUT2D eigenvalue weighted by molar-refractivity contribution is -0.322. The molecule has 1 unspecified atom stereocenters. The van der Waals surface area contributed by atoms with Crippen molar-refractivity contribution in [1.82, 2.24) is 0 Å². The molecule has 0 aliphatic carbocycles. The summed E-state index contributed by atoms with van der Waals surface area (Å²) in [5.74, 6) is 1.87. The Kier molecular flexibility index (Phi) is 6.72. The summed E-state index contributed by atoms with van der Waals surface area (Å²) < 4.78 is 19.1. The summed E-state index contributed by atoms with van der Waals surface area (Å²) in [7, 11) is 0. The molecular formula is C21H30O4S2. The highest BCUT2D eigenvalue weighted by Crippen LogP contribution is 2.56. The van der Waals surface area contributed by atoms with Gasteiger partial charge in [0.05, 0.1) is 36.1 Å². The largest absolute Gasteiger partial charge is 0.394 e. The summed E-state index contributed by atoms with van der Waals surface area (Å²) >= 11 is 4.16. The molecule has 150 valence electrons. The van der Waals surface area contributed by atoms with Gasteiger partial charge in [-0.3, -0.25) is 0 Å². The maximum absolute atomic E-state index is 9.62. The molecule has 27 heavy (non-hydrogen) atoms. The maximum atomic E-state index is 9.62. The Labute approximate surface area is 170 Å². The third-order valence-corrected chi connectivity index (χ3v) is 8.93. The molecule has 1 aromatic carbocycles. The van der Waals surface area contributed by atoms with E-state index in [0.29, 0.717) is 13.2 Å². The highest BCUT2D eigenvalue weighted by atomic mass is 32.2. The summed E-state index contributed by atoms with van der Waals surface area (Å²) in [5, 5.41) is 9.62. The van der Waals surface area contributed by atoms with Crippen LogP contribution < -0.4 is 0 Å². The Morgan fingerprint density at radius 2 is 1.85 bits per heavy atom. The van der Waals surface area contributed by atoms with Gasteiger partial charge in [0.1, 0.15) is 0 Å². The van der Waals surface area contributed by atoms with Crippen LogP contribution in [-0.4, -0.2) is 51.9 Å². The van der Waals surface area contributed by atoms with Crippen molar-refractivity contribution in [3.8, 4) is 0 Å². The fourth-order valence-corrected chi connectivity index (χ4v) is 7.98. The van der Waals surface area contributed by atoms with E-state index in [1.165, 1.54) is 23.5 Å². The molecule has 2 spiro atoms. The zero-order valence-electron chi connectivity index (χ0n) is 15.8. The molecule has 3 aliphatic heterocycles. The predicted octanol–water partition coefficient (Wildman–Crippen LogP) is 4.21. The number of ether oxygens (including phenoxy) is 3. The fraction of sp³-hybridized carbons (Fsp3) is 0.714. The number of aliphatic hydroxyl groups excluding tert-OH is 1. The second-order valence-corrected chi connectivity index (χ2v) is 11.0. The summed E-state index contributed by atoms with van der Waals surface area (Å²) in [6, 6.07) is 10.3. The van der Waals surface area contributed by atoms with Gasteiger partial charge in [0.15, 0.2) is 5.79 Å². The molecule has 4 nitrogen and oxygen atoms in total. The standard InChI is InChI=1S/C21H30O4S2/c22-13-18-8-4-9-20(24-18)16-21(26-10-5-11-27-21)12-19(25-20)15-23-14-17-6-2-1-3-7-17/h1-3,6-7,18-19,22H,4-5,8-16H2/t18-,19+,20?/m0/s1. The third-order valence-electron chi connectivity index (χ3n) is 5.56. The second-order valence-electron chi connectivity index (χ2n) is 7.81. The van der Waals surface area contributed by atoms with Crippen molar-refractivity contribution in [2.24, 2.45) is 0 Å². The lowest BCUT2D eigenvalue weighted by Crippen LogP contribution is -2.56. The summed E-state index contributed by atoms with van der Waals surface area (Å²) in [4.78, 5) is 0. The van der Waals surface area contributed by atoms with E-state index in [1.54, 1.807) is 0 Å². The van der Waals surface area contributed by atoms with Crippen LogP contribution in [0.4, 0.5) is 0 Å². The normalized spacial score (nSPS) is 33.4. The lowest BCUT2D eigenvalue weighted by atomic mass is 9.92. The van der Waals surface area contributed by atoms with E-state index in [4.69, 9.17) is 14.2 Å². The molecule has 3 fully saturated rings. The van der Waals surface area contributed by atoms with E-state index in [2.05, 4.69) is 35.7 Å². The summed E-state index contributed by atoms with van der Waals surface area (Å²) in [5.41, 5.74) is 1.19. The van der Waals surface area contributed by atoms with Gasteiger partial charge < -0.3 is 19.3 Å². The van der Waals surface area contributed by atoms with Crippen LogP contribution in [-0.2, 0) is 20.8 Å². The molecule has 0 saturated carbocycles. The van der Waals surface area contributed by atoms with Gasteiger partial charge in [0.25, 0.3) is 0 Å². The number of thioether (sulfide) groups is 2. The number of aliphatic hydroxyl groups is 1. The zero-order valence-corrected chi connectivity index (χ0v) is 17.4. The lowest BCUT2D eigenvalue weighted by Gasteiger charge is -2.53. The van der Waals surface area contributed by atoms with Crippen LogP contribution in [0.1, 0.15) is 44.1 Å². The minimum absolute atomic E-state index is 0.0398. The average molecular weight is 411 g/mol. The van der Waals surface area contributed by atoms with Gasteiger partial charge in [0, 0.05) is 12.8 Å². The van der Waals surface area contributed by atoms with Crippen molar-refractivity contribution in [1.29, 1.82) is 0 Å². The monoisotopic (exact) mass is 410 g/mol. The Balaban J connectivity index is 1.43. The van der Waals surface area contributed by atoms with Crippen LogP contribution >= 0.6 is 23.5 Å². The summed E-state index contributed by atoms with van der Waals surface area (Å²) in [6.45, 7) is 1.28.